The van der Waals surface area contributed by atoms with Crippen molar-refractivity contribution < 1.29 is 9.53 Å². The van der Waals surface area contributed by atoms with Crippen molar-refractivity contribution in [3.63, 3.8) is 0 Å². The van der Waals surface area contributed by atoms with E-state index in [1.54, 1.807) is 12.1 Å². The minimum atomic E-state index is -0.319. The molecule has 20 heavy (non-hydrogen) atoms. The van der Waals surface area contributed by atoms with Gasteiger partial charge in [-0.05, 0) is 31.5 Å². The standard InChI is InChI=1S/C15H19N3O2/c1-11-3-4-13(10-16)9-14(11)17-12(2)15(19)18-5-7-20-8-6-18/h3-4,9,12,17H,5-8H2,1-2H3. The van der Waals surface area contributed by atoms with Crippen LogP contribution in [0.1, 0.15) is 18.1 Å². The van der Waals surface area contributed by atoms with Crippen molar-refractivity contribution in [3.8, 4) is 6.07 Å². The SMILES string of the molecule is Cc1ccc(C#N)cc1NC(C)C(=O)N1CCOCC1. The molecule has 0 spiro atoms. The number of anilines is 1. The van der Waals surface area contributed by atoms with Gasteiger partial charge in [0.25, 0.3) is 0 Å². The van der Waals surface area contributed by atoms with Gasteiger partial charge in [-0.15, -0.1) is 0 Å². The number of carbonyl (C=O) groups excluding carboxylic acids is 1. The summed E-state index contributed by atoms with van der Waals surface area (Å²) in [6.45, 7) is 6.28. The van der Waals surface area contributed by atoms with Crippen molar-refractivity contribution in [1.29, 1.82) is 5.26 Å². The van der Waals surface area contributed by atoms with Gasteiger partial charge in [0.15, 0.2) is 0 Å². The molecule has 106 valence electrons. The second-order valence-corrected chi connectivity index (χ2v) is 4.95. The third-order valence-corrected chi connectivity index (χ3v) is 3.43. The summed E-state index contributed by atoms with van der Waals surface area (Å²) in [5.41, 5.74) is 2.44. The monoisotopic (exact) mass is 273 g/mol. The molecule has 5 heteroatoms. The van der Waals surface area contributed by atoms with Crippen LogP contribution in [0.3, 0.4) is 0 Å². The Labute approximate surface area is 119 Å². The molecule has 1 saturated heterocycles. The van der Waals surface area contributed by atoms with E-state index in [0.717, 1.165) is 11.3 Å². The van der Waals surface area contributed by atoms with Crippen LogP contribution in [0.15, 0.2) is 18.2 Å². The van der Waals surface area contributed by atoms with Gasteiger partial charge < -0.3 is 15.0 Å². The number of amides is 1. The molecule has 0 bridgehead atoms. The molecule has 1 fully saturated rings. The van der Waals surface area contributed by atoms with E-state index in [9.17, 15) is 4.79 Å². The van der Waals surface area contributed by atoms with E-state index >= 15 is 0 Å². The highest BCUT2D eigenvalue weighted by molar-refractivity contribution is 5.84. The summed E-state index contributed by atoms with van der Waals surface area (Å²) in [6, 6.07) is 7.22. The van der Waals surface area contributed by atoms with E-state index in [4.69, 9.17) is 10.00 Å². The number of nitrogens with one attached hydrogen (secondary N) is 1. The molecule has 1 unspecified atom stereocenters. The fourth-order valence-corrected chi connectivity index (χ4v) is 2.20. The largest absolute Gasteiger partial charge is 0.378 e. The van der Waals surface area contributed by atoms with E-state index in [-0.39, 0.29) is 11.9 Å². The number of nitrogens with zero attached hydrogens (tertiary/aromatic N) is 2. The first-order valence-electron chi connectivity index (χ1n) is 6.75. The molecule has 1 aliphatic heterocycles. The van der Waals surface area contributed by atoms with Gasteiger partial charge in [0.05, 0.1) is 24.8 Å². The molecular weight excluding hydrogens is 254 g/mol. The van der Waals surface area contributed by atoms with Crippen LogP contribution in [-0.4, -0.2) is 43.2 Å². The van der Waals surface area contributed by atoms with E-state index < -0.39 is 0 Å². The summed E-state index contributed by atoms with van der Waals surface area (Å²) in [6.07, 6.45) is 0. The Balaban J connectivity index is 2.05. The fraction of sp³-hybridized carbons (Fsp3) is 0.467. The molecule has 0 saturated carbocycles. The summed E-state index contributed by atoms with van der Waals surface area (Å²) in [7, 11) is 0. The van der Waals surface area contributed by atoms with Gasteiger partial charge in [0.2, 0.25) is 5.91 Å². The first-order valence-corrected chi connectivity index (χ1v) is 6.75. The van der Waals surface area contributed by atoms with Crippen LogP contribution in [0, 0.1) is 18.3 Å². The Morgan fingerprint density at radius 3 is 2.80 bits per heavy atom. The maximum absolute atomic E-state index is 12.3. The quantitative estimate of drug-likeness (QED) is 0.907. The van der Waals surface area contributed by atoms with E-state index in [1.165, 1.54) is 0 Å². The van der Waals surface area contributed by atoms with Crippen LogP contribution in [0.4, 0.5) is 5.69 Å². The summed E-state index contributed by atoms with van der Waals surface area (Å²) in [5, 5.41) is 12.1. The molecular formula is C15H19N3O2. The van der Waals surface area contributed by atoms with Crippen molar-refractivity contribution in [3.05, 3.63) is 29.3 Å². The van der Waals surface area contributed by atoms with Gasteiger partial charge in [0, 0.05) is 18.8 Å². The van der Waals surface area contributed by atoms with Gasteiger partial charge in [0.1, 0.15) is 6.04 Å². The second kappa shape index (κ2) is 6.40. The van der Waals surface area contributed by atoms with Gasteiger partial charge in [-0.3, -0.25) is 4.79 Å². The number of aryl methyl sites for hydroxylation is 1. The third kappa shape index (κ3) is 3.28. The van der Waals surface area contributed by atoms with Crippen molar-refractivity contribution >= 4 is 11.6 Å². The molecule has 1 aliphatic rings. The minimum absolute atomic E-state index is 0.0649. The topological polar surface area (TPSA) is 65.4 Å². The molecule has 5 nitrogen and oxygen atoms in total. The molecule has 1 heterocycles. The molecule has 0 aliphatic carbocycles. The molecule has 0 aromatic heterocycles. The van der Waals surface area contributed by atoms with Crippen LogP contribution < -0.4 is 5.32 Å². The minimum Gasteiger partial charge on any atom is -0.378 e. The van der Waals surface area contributed by atoms with E-state index in [2.05, 4.69) is 11.4 Å². The van der Waals surface area contributed by atoms with E-state index in [1.807, 2.05) is 24.8 Å². The van der Waals surface area contributed by atoms with E-state index in [0.29, 0.717) is 31.9 Å². The maximum atomic E-state index is 12.3. The number of benzene rings is 1. The molecule has 1 atom stereocenters. The number of rotatable bonds is 3. The zero-order chi connectivity index (χ0) is 14.5. The summed E-state index contributed by atoms with van der Waals surface area (Å²) >= 11 is 0. The Bertz CT molecular complexity index is 530. The first kappa shape index (κ1) is 14.4. The highest BCUT2D eigenvalue weighted by Crippen LogP contribution is 2.18. The lowest BCUT2D eigenvalue weighted by atomic mass is 10.1. The Kier molecular flexibility index (Phi) is 4.59. The van der Waals surface area contributed by atoms with Crippen LogP contribution in [0.25, 0.3) is 0 Å². The Morgan fingerprint density at radius 2 is 2.15 bits per heavy atom. The molecule has 1 aromatic carbocycles. The summed E-state index contributed by atoms with van der Waals surface area (Å²) in [4.78, 5) is 14.1. The van der Waals surface area contributed by atoms with Crippen molar-refractivity contribution in [2.45, 2.75) is 19.9 Å². The van der Waals surface area contributed by atoms with Crippen LogP contribution in [-0.2, 0) is 9.53 Å². The maximum Gasteiger partial charge on any atom is 0.244 e. The lowest BCUT2D eigenvalue weighted by molar-refractivity contribution is -0.135. The molecule has 2 rings (SSSR count). The number of carbonyl (C=O) groups is 1. The summed E-state index contributed by atoms with van der Waals surface area (Å²) in [5.74, 6) is 0.0649. The fourth-order valence-electron chi connectivity index (χ4n) is 2.20. The van der Waals surface area contributed by atoms with Gasteiger partial charge in [-0.25, -0.2) is 0 Å². The number of nitriles is 1. The molecule has 0 radical (unpaired) electrons. The molecule has 1 aromatic rings. The van der Waals surface area contributed by atoms with Gasteiger partial charge in [-0.2, -0.15) is 5.26 Å². The van der Waals surface area contributed by atoms with Crippen molar-refractivity contribution in [2.75, 3.05) is 31.6 Å². The smallest absolute Gasteiger partial charge is 0.244 e. The zero-order valence-electron chi connectivity index (χ0n) is 11.8. The predicted octanol–water partition coefficient (Wildman–Crippen LogP) is 1.53. The molecule has 1 amide bonds. The first-order chi connectivity index (χ1) is 9.61. The second-order valence-electron chi connectivity index (χ2n) is 4.95. The van der Waals surface area contributed by atoms with Gasteiger partial charge >= 0.3 is 0 Å². The number of hydrogen-bond donors (Lipinski definition) is 1. The molecule has 1 N–H and O–H groups in total. The lowest BCUT2D eigenvalue weighted by Gasteiger charge is -2.30. The lowest BCUT2D eigenvalue weighted by Crippen LogP contribution is -2.47. The van der Waals surface area contributed by atoms with Crippen molar-refractivity contribution in [2.24, 2.45) is 0 Å². The predicted molar refractivity (Wildman–Crippen MR) is 76.4 cm³/mol. The Morgan fingerprint density at radius 1 is 1.45 bits per heavy atom. The average molecular weight is 273 g/mol. The number of hydrogen-bond acceptors (Lipinski definition) is 4. The zero-order valence-corrected chi connectivity index (χ0v) is 11.8. The van der Waals surface area contributed by atoms with Gasteiger partial charge in [-0.1, -0.05) is 6.07 Å². The summed E-state index contributed by atoms with van der Waals surface area (Å²) < 4.78 is 5.25. The average Bonchev–Trinajstić information content (AvgIpc) is 2.49. The number of morpholine rings is 1. The Hall–Kier alpha value is -2.06. The highest BCUT2D eigenvalue weighted by Gasteiger charge is 2.22. The van der Waals surface area contributed by atoms with Crippen LogP contribution in [0.5, 0.6) is 0 Å². The third-order valence-electron chi connectivity index (χ3n) is 3.43. The highest BCUT2D eigenvalue weighted by atomic mass is 16.5. The van der Waals surface area contributed by atoms with Crippen LogP contribution >= 0.6 is 0 Å². The number of ether oxygens (including phenoxy) is 1. The van der Waals surface area contributed by atoms with Crippen molar-refractivity contribution in [1.82, 2.24) is 4.90 Å². The normalized spacial score (nSPS) is 16.4. The van der Waals surface area contributed by atoms with Crippen LogP contribution in [0.2, 0.25) is 0 Å².